The number of hydrogen-bond acceptors (Lipinski definition) is 3. The summed E-state index contributed by atoms with van der Waals surface area (Å²) in [6, 6.07) is 15.7. The van der Waals surface area contributed by atoms with Crippen molar-refractivity contribution in [3.8, 4) is 5.75 Å². The number of para-hydroxylation sites is 1. The number of hydrogen-bond donors (Lipinski definition) is 0. The van der Waals surface area contributed by atoms with Crippen LogP contribution in [0.25, 0.3) is 11.0 Å². The smallest absolute Gasteiger partial charge is 0.150 e. The van der Waals surface area contributed by atoms with Crippen molar-refractivity contribution in [2.45, 2.75) is 18.3 Å². The van der Waals surface area contributed by atoms with Crippen molar-refractivity contribution >= 4 is 17.3 Å². The van der Waals surface area contributed by atoms with Gasteiger partial charge in [-0.25, -0.2) is 0 Å². The molecule has 1 aliphatic carbocycles. The van der Waals surface area contributed by atoms with E-state index >= 15 is 0 Å². The normalized spacial score (nSPS) is 15.7. The maximum atomic E-state index is 11.4. The molecule has 0 bridgehead atoms. The van der Waals surface area contributed by atoms with Gasteiger partial charge >= 0.3 is 0 Å². The van der Waals surface area contributed by atoms with Crippen molar-refractivity contribution in [1.82, 2.24) is 0 Å². The fourth-order valence-corrected chi connectivity index (χ4v) is 3.17. The van der Waals surface area contributed by atoms with Crippen LogP contribution in [0.15, 0.2) is 52.9 Å². The predicted molar refractivity (Wildman–Crippen MR) is 84.6 cm³/mol. The SMILES string of the molecule is COc1ccc(C=O)c(C2(c3cc4ccccc4o3)CC2)c1. The second-order valence-corrected chi connectivity index (χ2v) is 5.80. The van der Waals surface area contributed by atoms with Crippen LogP contribution in [-0.2, 0) is 5.41 Å². The quantitative estimate of drug-likeness (QED) is 0.672. The van der Waals surface area contributed by atoms with Crippen LogP contribution in [0.2, 0.25) is 0 Å². The maximum absolute atomic E-state index is 11.4. The van der Waals surface area contributed by atoms with E-state index in [9.17, 15) is 4.79 Å². The van der Waals surface area contributed by atoms with Crippen LogP contribution in [0, 0.1) is 0 Å². The molecule has 0 atom stereocenters. The molecule has 3 aromatic rings. The molecule has 3 nitrogen and oxygen atoms in total. The van der Waals surface area contributed by atoms with E-state index in [0.717, 1.165) is 47.2 Å². The van der Waals surface area contributed by atoms with E-state index in [0.29, 0.717) is 5.56 Å². The number of fused-ring (bicyclic) bond motifs is 1. The molecule has 0 saturated heterocycles. The summed E-state index contributed by atoms with van der Waals surface area (Å²) in [7, 11) is 1.64. The van der Waals surface area contributed by atoms with Crippen LogP contribution in [0.4, 0.5) is 0 Å². The Balaban J connectivity index is 1.89. The highest BCUT2D eigenvalue weighted by Crippen LogP contribution is 2.55. The van der Waals surface area contributed by atoms with E-state index in [4.69, 9.17) is 9.15 Å². The lowest BCUT2D eigenvalue weighted by Crippen LogP contribution is -2.11. The minimum absolute atomic E-state index is 0.191. The Morgan fingerprint density at radius 1 is 1.14 bits per heavy atom. The number of benzene rings is 2. The average Bonchev–Trinajstić information content (AvgIpc) is 3.26. The minimum Gasteiger partial charge on any atom is -0.497 e. The largest absolute Gasteiger partial charge is 0.497 e. The summed E-state index contributed by atoms with van der Waals surface area (Å²) in [5.41, 5.74) is 2.41. The lowest BCUT2D eigenvalue weighted by atomic mass is 9.89. The average molecular weight is 292 g/mol. The highest BCUT2D eigenvalue weighted by atomic mass is 16.5. The summed E-state index contributed by atoms with van der Waals surface area (Å²) in [6.45, 7) is 0. The topological polar surface area (TPSA) is 39.4 Å². The molecule has 22 heavy (non-hydrogen) atoms. The van der Waals surface area contributed by atoms with E-state index in [1.165, 1.54) is 0 Å². The first-order valence-corrected chi connectivity index (χ1v) is 7.39. The molecular formula is C19H16O3. The molecule has 1 heterocycles. The summed E-state index contributed by atoms with van der Waals surface area (Å²) in [4.78, 5) is 11.4. The molecule has 1 fully saturated rings. The standard InChI is InChI=1S/C19H16O3/c1-21-15-7-6-14(12-20)16(11-15)19(8-9-19)18-10-13-4-2-3-5-17(13)22-18/h2-7,10-12H,8-9H2,1H3. The Bertz CT molecular complexity index is 823. The molecule has 0 unspecified atom stereocenters. The Morgan fingerprint density at radius 2 is 1.95 bits per heavy atom. The Labute approximate surface area is 128 Å². The van der Waals surface area contributed by atoms with Gasteiger partial charge in [0.2, 0.25) is 0 Å². The molecule has 0 spiro atoms. The Kier molecular flexibility index (Phi) is 2.83. The van der Waals surface area contributed by atoms with E-state index in [1.807, 2.05) is 42.5 Å². The molecule has 110 valence electrons. The van der Waals surface area contributed by atoms with Crippen molar-refractivity contribution in [1.29, 1.82) is 0 Å². The zero-order valence-electron chi connectivity index (χ0n) is 12.3. The van der Waals surface area contributed by atoms with Gasteiger partial charge in [0.15, 0.2) is 0 Å². The predicted octanol–water partition coefficient (Wildman–Crippen LogP) is 4.33. The van der Waals surface area contributed by atoms with Crippen molar-refractivity contribution < 1.29 is 13.9 Å². The molecule has 1 aromatic heterocycles. The van der Waals surface area contributed by atoms with Crippen molar-refractivity contribution in [3.05, 3.63) is 65.4 Å². The monoisotopic (exact) mass is 292 g/mol. The molecule has 1 aliphatic rings. The molecule has 0 aliphatic heterocycles. The van der Waals surface area contributed by atoms with Crippen LogP contribution < -0.4 is 4.74 Å². The first-order valence-electron chi connectivity index (χ1n) is 7.39. The number of aldehydes is 1. The summed E-state index contributed by atoms with van der Waals surface area (Å²) in [5, 5.41) is 1.10. The summed E-state index contributed by atoms with van der Waals surface area (Å²) in [6.07, 6.45) is 2.89. The van der Waals surface area contributed by atoms with Gasteiger partial charge in [-0.05, 0) is 48.7 Å². The molecule has 0 radical (unpaired) electrons. The van der Waals surface area contributed by atoms with Crippen molar-refractivity contribution in [2.75, 3.05) is 7.11 Å². The Hall–Kier alpha value is -2.55. The van der Waals surface area contributed by atoms with Crippen LogP contribution in [0.5, 0.6) is 5.75 Å². The number of carbonyl (C=O) groups excluding carboxylic acids is 1. The maximum Gasteiger partial charge on any atom is 0.150 e. The third kappa shape index (κ3) is 1.86. The van der Waals surface area contributed by atoms with Crippen LogP contribution >= 0.6 is 0 Å². The van der Waals surface area contributed by atoms with Crippen molar-refractivity contribution in [3.63, 3.8) is 0 Å². The van der Waals surface area contributed by atoms with Gasteiger partial charge in [-0.3, -0.25) is 4.79 Å². The lowest BCUT2D eigenvalue weighted by Gasteiger charge is -2.16. The summed E-state index contributed by atoms with van der Waals surface area (Å²) in [5.74, 6) is 1.70. The van der Waals surface area contributed by atoms with E-state index in [1.54, 1.807) is 7.11 Å². The number of carbonyl (C=O) groups is 1. The third-order valence-electron chi connectivity index (χ3n) is 4.55. The van der Waals surface area contributed by atoms with Crippen molar-refractivity contribution in [2.24, 2.45) is 0 Å². The third-order valence-corrected chi connectivity index (χ3v) is 4.55. The summed E-state index contributed by atoms with van der Waals surface area (Å²) < 4.78 is 11.4. The number of methoxy groups -OCH3 is 1. The van der Waals surface area contributed by atoms with Gasteiger partial charge in [0.1, 0.15) is 23.4 Å². The molecule has 3 heteroatoms. The van der Waals surface area contributed by atoms with Crippen LogP contribution in [0.1, 0.15) is 34.5 Å². The molecule has 4 rings (SSSR count). The van der Waals surface area contributed by atoms with E-state index in [-0.39, 0.29) is 5.41 Å². The molecule has 1 saturated carbocycles. The number of ether oxygens (including phenoxy) is 1. The molecule has 2 aromatic carbocycles. The van der Waals surface area contributed by atoms with E-state index < -0.39 is 0 Å². The van der Waals surface area contributed by atoms with Crippen LogP contribution in [0.3, 0.4) is 0 Å². The number of rotatable bonds is 4. The Morgan fingerprint density at radius 3 is 2.64 bits per heavy atom. The zero-order chi connectivity index (χ0) is 15.2. The van der Waals surface area contributed by atoms with Gasteiger partial charge in [0, 0.05) is 10.9 Å². The van der Waals surface area contributed by atoms with E-state index in [2.05, 4.69) is 6.07 Å². The molecular weight excluding hydrogens is 276 g/mol. The first kappa shape index (κ1) is 13.1. The molecule has 0 N–H and O–H groups in total. The summed E-state index contributed by atoms with van der Waals surface area (Å²) >= 11 is 0. The number of furan rings is 1. The highest BCUT2D eigenvalue weighted by Gasteiger charge is 2.50. The zero-order valence-corrected chi connectivity index (χ0v) is 12.3. The van der Waals surface area contributed by atoms with Gasteiger partial charge in [-0.1, -0.05) is 18.2 Å². The highest BCUT2D eigenvalue weighted by molar-refractivity contribution is 5.81. The van der Waals surface area contributed by atoms with Gasteiger partial charge in [-0.2, -0.15) is 0 Å². The van der Waals surface area contributed by atoms with Gasteiger partial charge < -0.3 is 9.15 Å². The minimum atomic E-state index is -0.191. The molecule has 0 amide bonds. The second kappa shape index (κ2) is 4.73. The van der Waals surface area contributed by atoms with Gasteiger partial charge in [0.25, 0.3) is 0 Å². The van der Waals surface area contributed by atoms with Crippen LogP contribution in [-0.4, -0.2) is 13.4 Å². The fourth-order valence-electron chi connectivity index (χ4n) is 3.17. The fraction of sp³-hybridized carbons (Fsp3) is 0.211. The second-order valence-electron chi connectivity index (χ2n) is 5.80. The first-order chi connectivity index (χ1) is 10.8. The van der Waals surface area contributed by atoms with Gasteiger partial charge in [-0.15, -0.1) is 0 Å². The van der Waals surface area contributed by atoms with Gasteiger partial charge in [0.05, 0.1) is 12.5 Å². The lowest BCUT2D eigenvalue weighted by molar-refractivity contribution is 0.112.